The number of rotatable bonds is 7. The molecule has 1 saturated carbocycles. The van der Waals surface area contributed by atoms with Crippen molar-refractivity contribution in [1.29, 1.82) is 0 Å². The maximum atomic E-state index is 11.5. The summed E-state index contributed by atoms with van der Waals surface area (Å²) < 4.78 is 9.95. The molecule has 1 amide bonds. The van der Waals surface area contributed by atoms with Gasteiger partial charge in [0.1, 0.15) is 0 Å². The molecule has 0 spiro atoms. The predicted octanol–water partition coefficient (Wildman–Crippen LogP) is -0.373. The van der Waals surface area contributed by atoms with Crippen molar-refractivity contribution >= 4 is 11.9 Å². The minimum absolute atomic E-state index is 0.00387. The number of nitrogens with one attached hydrogen (secondary N) is 1. The van der Waals surface area contributed by atoms with E-state index in [1.807, 2.05) is 6.92 Å². The van der Waals surface area contributed by atoms with E-state index in [0.717, 1.165) is 0 Å². The Labute approximate surface area is 93.9 Å². The van der Waals surface area contributed by atoms with Gasteiger partial charge < -0.3 is 19.9 Å². The van der Waals surface area contributed by atoms with Gasteiger partial charge in [0.2, 0.25) is 5.91 Å². The fourth-order valence-corrected chi connectivity index (χ4v) is 1.44. The predicted molar refractivity (Wildman–Crippen MR) is 55.0 cm³/mol. The Bertz CT molecular complexity index is 268. The van der Waals surface area contributed by atoms with Gasteiger partial charge in [-0.2, -0.15) is 0 Å². The summed E-state index contributed by atoms with van der Waals surface area (Å²) in [4.78, 5) is 22.1. The first-order valence-electron chi connectivity index (χ1n) is 5.25. The van der Waals surface area contributed by atoms with Crippen molar-refractivity contribution in [3.05, 3.63) is 0 Å². The lowest BCUT2D eigenvalue weighted by Crippen LogP contribution is -2.38. The van der Waals surface area contributed by atoms with Gasteiger partial charge in [-0.25, -0.2) is 4.79 Å². The minimum atomic E-state index is -1.08. The number of carbonyl (C=O) groups is 2. The Morgan fingerprint density at radius 2 is 2.25 bits per heavy atom. The van der Waals surface area contributed by atoms with Gasteiger partial charge in [-0.1, -0.05) is 0 Å². The SMILES string of the molecule is CCOC1CC1C(=O)NCC(OC)C(=O)O. The van der Waals surface area contributed by atoms with Crippen LogP contribution in [0.1, 0.15) is 13.3 Å². The van der Waals surface area contributed by atoms with Crippen LogP contribution >= 0.6 is 0 Å². The van der Waals surface area contributed by atoms with Crippen LogP contribution in [0.25, 0.3) is 0 Å². The van der Waals surface area contributed by atoms with Crippen molar-refractivity contribution in [3.63, 3.8) is 0 Å². The summed E-state index contributed by atoms with van der Waals surface area (Å²) in [7, 11) is 1.30. The lowest BCUT2D eigenvalue weighted by molar-refractivity contribution is -0.148. The summed E-state index contributed by atoms with van der Waals surface area (Å²) in [5, 5.41) is 11.2. The third kappa shape index (κ3) is 3.46. The Hall–Kier alpha value is -1.14. The van der Waals surface area contributed by atoms with Crippen molar-refractivity contribution in [2.75, 3.05) is 20.3 Å². The zero-order chi connectivity index (χ0) is 12.1. The summed E-state index contributed by atoms with van der Waals surface area (Å²) in [6, 6.07) is 0. The molecule has 92 valence electrons. The average Bonchev–Trinajstić information content (AvgIpc) is 2.98. The number of carbonyl (C=O) groups excluding carboxylic acids is 1. The number of carboxylic acids is 1. The quantitative estimate of drug-likeness (QED) is 0.624. The van der Waals surface area contributed by atoms with Crippen LogP contribution in [0.3, 0.4) is 0 Å². The fourth-order valence-electron chi connectivity index (χ4n) is 1.44. The molecule has 1 aliphatic carbocycles. The third-order valence-electron chi connectivity index (χ3n) is 2.47. The Morgan fingerprint density at radius 1 is 1.56 bits per heavy atom. The van der Waals surface area contributed by atoms with Crippen LogP contribution in [0.5, 0.6) is 0 Å². The van der Waals surface area contributed by atoms with Gasteiger partial charge in [0.15, 0.2) is 6.10 Å². The number of methoxy groups -OCH3 is 1. The van der Waals surface area contributed by atoms with Crippen molar-refractivity contribution in [1.82, 2.24) is 5.32 Å². The lowest BCUT2D eigenvalue weighted by Gasteiger charge is -2.11. The van der Waals surface area contributed by atoms with Gasteiger partial charge in [0.25, 0.3) is 0 Å². The highest BCUT2D eigenvalue weighted by Crippen LogP contribution is 2.33. The topological polar surface area (TPSA) is 84.9 Å². The molecule has 0 aliphatic heterocycles. The minimum Gasteiger partial charge on any atom is -0.479 e. The first-order chi connectivity index (χ1) is 7.60. The molecule has 0 saturated heterocycles. The number of aliphatic carboxylic acids is 1. The van der Waals surface area contributed by atoms with E-state index in [-0.39, 0.29) is 24.5 Å². The van der Waals surface area contributed by atoms with Gasteiger partial charge in [-0.15, -0.1) is 0 Å². The molecule has 0 aromatic heterocycles. The van der Waals surface area contributed by atoms with Gasteiger partial charge in [0.05, 0.1) is 18.6 Å². The van der Waals surface area contributed by atoms with Crippen LogP contribution < -0.4 is 5.32 Å². The second-order valence-corrected chi connectivity index (χ2v) is 3.64. The Balaban J connectivity index is 2.23. The second-order valence-electron chi connectivity index (χ2n) is 3.64. The van der Waals surface area contributed by atoms with E-state index in [2.05, 4.69) is 5.32 Å². The molecule has 6 heteroatoms. The van der Waals surface area contributed by atoms with Crippen LogP contribution in [0.4, 0.5) is 0 Å². The van der Waals surface area contributed by atoms with E-state index in [9.17, 15) is 9.59 Å². The highest BCUT2D eigenvalue weighted by molar-refractivity contribution is 5.83. The molecular formula is C10H17NO5. The van der Waals surface area contributed by atoms with E-state index in [1.54, 1.807) is 0 Å². The standard InChI is InChI=1S/C10H17NO5/c1-3-16-7-4-6(7)9(12)11-5-8(15-2)10(13)14/h6-8H,3-5H2,1-2H3,(H,11,12)(H,13,14). The fraction of sp³-hybridized carbons (Fsp3) is 0.800. The molecule has 1 aliphatic rings. The largest absolute Gasteiger partial charge is 0.479 e. The van der Waals surface area contributed by atoms with Crippen LogP contribution in [-0.2, 0) is 19.1 Å². The average molecular weight is 231 g/mol. The Morgan fingerprint density at radius 3 is 2.75 bits per heavy atom. The maximum Gasteiger partial charge on any atom is 0.334 e. The zero-order valence-electron chi connectivity index (χ0n) is 9.43. The number of hydrogen-bond acceptors (Lipinski definition) is 4. The van der Waals surface area contributed by atoms with Gasteiger partial charge in [-0.3, -0.25) is 4.79 Å². The molecule has 0 radical (unpaired) electrons. The van der Waals surface area contributed by atoms with Crippen molar-refractivity contribution in [2.45, 2.75) is 25.6 Å². The molecule has 2 N–H and O–H groups in total. The van der Waals surface area contributed by atoms with Crippen molar-refractivity contribution in [2.24, 2.45) is 5.92 Å². The van der Waals surface area contributed by atoms with Crippen LogP contribution in [-0.4, -0.2) is 49.5 Å². The van der Waals surface area contributed by atoms with Gasteiger partial charge in [-0.05, 0) is 13.3 Å². The number of amides is 1. The van der Waals surface area contributed by atoms with E-state index in [4.69, 9.17) is 14.6 Å². The monoisotopic (exact) mass is 231 g/mol. The molecule has 1 rings (SSSR count). The van der Waals surface area contributed by atoms with Crippen LogP contribution in [0.15, 0.2) is 0 Å². The van der Waals surface area contributed by atoms with Crippen molar-refractivity contribution in [3.8, 4) is 0 Å². The summed E-state index contributed by atoms with van der Waals surface area (Å²) >= 11 is 0. The maximum absolute atomic E-state index is 11.5. The summed E-state index contributed by atoms with van der Waals surface area (Å²) in [6.45, 7) is 2.45. The number of carboxylic acid groups (broad SMARTS) is 1. The van der Waals surface area contributed by atoms with E-state index < -0.39 is 12.1 Å². The van der Waals surface area contributed by atoms with Crippen LogP contribution in [0.2, 0.25) is 0 Å². The molecule has 6 nitrogen and oxygen atoms in total. The molecule has 3 atom stereocenters. The van der Waals surface area contributed by atoms with E-state index in [0.29, 0.717) is 13.0 Å². The highest BCUT2D eigenvalue weighted by Gasteiger charge is 2.44. The number of ether oxygens (including phenoxy) is 2. The molecule has 0 aromatic carbocycles. The third-order valence-corrected chi connectivity index (χ3v) is 2.47. The Kier molecular flexibility index (Phi) is 4.70. The molecule has 0 bridgehead atoms. The molecule has 16 heavy (non-hydrogen) atoms. The van der Waals surface area contributed by atoms with E-state index in [1.165, 1.54) is 7.11 Å². The van der Waals surface area contributed by atoms with Crippen molar-refractivity contribution < 1.29 is 24.2 Å². The second kappa shape index (κ2) is 5.81. The lowest BCUT2D eigenvalue weighted by atomic mass is 10.3. The summed E-state index contributed by atoms with van der Waals surface area (Å²) in [5.74, 6) is -1.38. The number of hydrogen-bond donors (Lipinski definition) is 2. The summed E-state index contributed by atoms with van der Waals surface area (Å²) in [6.07, 6.45) is -0.284. The zero-order valence-corrected chi connectivity index (χ0v) is 9.43. The molecule has 0 heterocycles. The van der Waals surface area contributed by atoms with Gasteiger partial charge in [0, 0.05) is 13.7 Å². The highest BCUT2D eigenvalue weighted by atomic mass is 16.5. The molecular weight excluding hydrogens is 214 g/mol. The van der Waals surface area contributed by atoms with E-state index >= 15 is 0 Å². The smallest absolute Gasteiger partial charge is 0.334 e. The molecule has 1 fully saturated rings. The first-order valence-corrected chi connectivity index (χ1v) is 5.25. The summed E-state index contributed by atoms with van der Waals surface area (Å²) in [5.41, 5.74) is 0. The molecule has 0 aromatic rings. The molecule has 3 unspecified atom stereocenters. The van der Waals surface area contributed by atoms with Gasteiger partial charge >= 0.3 is 5.97 Å². The first kappa shape index (κ1) is 12.9. The normalized spacial score (nSPS) is 24.9. The van der Waals surface area contributed by atoms with Crippen LogP contribution in [0, 0.1) is 5.92 Å².